The zero-order valence-corrected chi connectivity index (χ0v) is 14.5. The zero-order chi connectivity index (χ0) is 18.0. The molecule has 1 aliphatic heterocycles. The van der Waals surface area contributed by atoms with Gasteiger partial charge < -0.3 is 19.7 Å². The number of nitrogens with zero attached hydrogens (tertiary/aromatic N) is 2. The van der Waals surface area contributed by atoms with Crippen molar-refractivity contribution in [2.24, 2.45) is 0 Å². The predicted molar refractivity (Wildman–Crippen MR) is 92.5 cm³/mol. The number of benzene rings is 1. The van der Waals surface area contributed by atoms with Crippen molar-refractivity contribution < 1.29 is 19.4 Å². The van der Waals surface area contributed by atoms with Crippen LogP contribution in [-0.2, 0) is 16.1 Å². The summed E-state index contributed by atoms with van der Waals surface area (Å²) < 4.78 is 7.78. The van der Waals surface area contributed by atoms with Crippen molar-refractivity contribution in [1.82, 2.24) is 14.9 Å². The van der Waals surface area contributed by atoms with Gasteiger partial charge in [0.15, 0.2) is 0 Å². The molecule has 2 aromatic rings. The van der Waals surface area contributed by atoms with E-state index in [1.165, 1.54) is 0 Å². The average Bonchev–Trinajstić information content (AvgIpc) is 3.22. The van der Waals surface area contributed by atoms with Gasteiger partial charge in [-0.1, -0.05) is 6.92 Å². The fourth-order valence-corrected chi connectivity index (χ4v) is 3.20. The smallest absolute Gasteiger partial charge is 0.335 e. The van der Waals surface area contributed by atoms with Crippen molar-refractivity contribution in [2.45, 2.75) is 51.8 Å². The molecule has 7 nitrogen and oxygen atoms in total. The summed E-state index contributed by atoms with van der Waals surface area (Å²) in [6.07, 6.45) is 2.55. The van der Waals surface area contributed by atoms with Crippen molar-refractivity contribution in [2.75, 3.05) is 6.61 Å². The van der Waals surface area contributed by atoms with Gasteiger partial charge in [-0.15, -0.1) is 0 Å². The van der Waals surface area contributed by atoms with Gasteiger partial charge in [0.05, 0.1) is 35.3 Å². The molecule has 1 aliphatic rings. The first-order valence-electron chi connectivity index (χ1n) is 8.64. The molecule has 0 spiro atoms. The Morgan fingerprint density at radius 1 is 1.48 bits per heavy atom. The SMILES string of the molecule is CCC(=O)N[C@H](C)c1nc2cc(C(=O)O)ccc2n1C[C@@H]1CCCO1. The molecular weight excluding hydrogens is 322 g/mol. The monoisotopic (exact) mass is 345 g/mol. The van der Waals surface area contributed by atoms with Gasteiger partial charge in [-0.2, -0.15) is 0 Å². The minimum atomic E-state index is -0.982. The Balaban J connectivity index is 2.01. The van der Waals surface area contributed by atoms with Gasteiger partial charge in [-0.05, 0) is 38.0 Å². The second-order valence-corrected chi connectivity index (χ2v) is 6.37. The number of aromatic nitrogens is 2. The van der Waals surface area contributed by atoms with Crippen LogP contribution in [0.25, 0.3) is 11.0 Å². The Morgan fingerprint density at radius 3 is 2.92 bits per heavy atom. The molecule has 0 radical (unpaired) electrons. The third-order valence-electron chi connectivity index (χ3n) is 4.52. The quantitative estimate of drug-likeness (QED) is 0.839. The number of hydrogen-bond donors (Lipinski definition) is 2. The number of carboxylic acid groups (broad SMARTS) is 1. The van der Waals surface area contributed by atoms with E-state index in [1.54, 1.807) is 25.1 Å². The molecule has 1 fully saturated rings. The molecule has 3 rings (SSSR count). The van der Waals surface area contributed by atoms with E-state index < -0.39 is 5.97 Å². The molecule has 2 atom stereocenters. The Labute approximate surface area is 146 Å². The van der Waals surface area contributed by atoms with Crippen LogP contribution in [0, 0.1) is 0 Å². The first kappa shape index (κ1) is 17.4. The van der Waals surface area contributed by atoms with Crippen molar-refractivity contribution >= 4 is 22.9 Å². The second-order valence-electron chi connectivity index (χ2n) is 6.37. The van der Waals surface area contributed by atoms with Gasteiger partial charge in [0.25, 0.3) is 0 Å². The number of aromatic carboxylic acids is 1. The van der Waals surface area contributed by atoms with Crippen molar-refractivity contribution in [3.63, 3.8) is 0 Å². The molecule has 1 aromatic carbocycles. The summed E-state index contributed by atoms with van der Waals surface area (Å²) in [6.45, 7) is 5.10. The largest absolute Gasteiger partial charge is 0.478 e. The standard InChI is InChI=1S/C18H23N3O4/c1-3-16(22)19-11(2)17-20-14-9-12(18(23)24)6-7-15(14)21(17)10-13-5-4-8-25-13/h6-7,9,11,13H,3-5,8,10H2,1-2H3,(H,19,22)(H,23,24)/t11-,13+/m1/s1. The highest BCUT2D eigenvalue weighted by Crippen LogP contribution is 2.25. The van der Waals surface area contributed by atoms with Crippen LogP contribution in [0.15, 0.2) is 18.2 Å². The van der Waals surface area contributed by atoms with Crippen molar-refractivity contribution in [1.29, 1.82) is 0 Å². The second kappa shape index (κ2) is 7.23. The van der Waals surface area contributed by atoms with Crippen LogP contribution in [0.5, 0.6) is 0 Å². The van der Waals surface area contributed by atoms with Gasteiger partial charge in [0.1, 0.15) is 5.82 Å². The van der Waals surface area contributed by atoms with Crippen LogP contribution in [-0.4, -0.2) is 39.2 Å². The molecule has 0 bridgehead atoms. The number of hydrogen-bond acceptors (Lipinski definition) is 4. The van der Waals surface area contributed by atoms with E-state index in [9.17, 15) is 14.7 Å². The van der Waals surface area contributed by atoms with Gasteiger partial charge in [0, 0.05) is 13.0 Å². The first-order chi connectivity index (χ1) is 12.0. The van der Waals surface area contributed by atoms with E-state index in [1.807, 2.05) is 11.5 Å². The molecule has 1 amide bonds. The van der Waals surface area contributed by atoms with Gasteiger partial charge >= 0.3 is 5.97 Å². The molecule has 7 heteroatoms. The summed E-state index contributed by atoms with van der Waals surface area (Å²) in [7, 11) is 0. The normalized spacial score (nSPS) is 18.4. The van der Waals surface area contributed by atoms with E-state index in [-0.39, 0.29) is 23.6 Å². The van der Waals surface area contributed by atoms with E-state index in [0.717, 1.165) is 30.8 Å². The summed E-state index contributed by atoms with van der Waals surface area (Å²) >= 11 is 0. The number of ether oxygens (including phenoxy) is 1. The Hall–Kier alpha value is -2.41. The third kappa shape index (κ3) is 3.66. The lowest BCUT2D eigenvalue weighted by Crippen LogP contribution is -2.29. The molecule has 2 heterocycles. The molecule has 134 valence electrons. The first-order valence-corrected chi connectivity index (χ1v) is 8.64. The summed E-state index contributed by atoms with van der Waals surface area (Å²) in [5.41, 5.74) is 1.67. The summed E-state index contributed by atoms with van der Waals surface area (Å²) in [5.74, 6) is -0.311. The highest BCUT2D eigenvalue weighted by Gasteiger charge is 2.23. The minimum absolute atomic E-state index is 0.0468. The number of carbonyl (C=O) groups is 2. The van der Waals surface area contributed by atoms with Crippen molar-refractivity contribution in [3.05, 3.63) is 29.6 Å². The molecule has 1 aromatic heterocycles. The molecule has 0 saturated carbocycles. The number of amides is 1. The highest BCUT2D eigenvalue weighted by atomic mass is 16.5. The molecule has 0 aliphatic carbocycles. The number of rotatable bonds is 6. The van der Waals surface area contributed by atoms with Crippen LogP contribution >= 0.6 is 0 Å². The molecule has 25 heavy (non-hydrogen) atoms. The number of carboxylic acids is 1. The number of nitrogens with one attached hydrogen (secondary N) is 1. The van der Waals surface area contributed by atoms with Gasteiger partial charge in [0.2, 0.25) is 5.91 Å². The van der Waals surface area contributed by atoms with Crippen LogP contribution in [0.1, 0.15) is 55.3 Å². The van der Waals surface area contributed by atoms with Crippen LogP contribution in [0.2, 0.25) is 0 Å². The van der Waals surface area contributed by atoms with Crippen LogP contribution in [0.4, 0.5) is 0 Å². The van der Waals surface area contributed by atoms with Crippen LogP contribution < -0.4 is 5.32 Å². The third-order valence-corrected chi connectivity index (χ3v) is 4.52. The van der Waals surface area contributed by atoms with E-state index in [0.29, 0.717) is 18.5 Å². The van der Waals surface area contributed by atoms with Crippen LogP contribution in [0.3, 0.4) is 0 Å². The van der Waals surface area contributed by atoms with Gasteiger partial charge in [-0.25, -0.2) is 9.78 Å². The Kier molecular flexibility index (Phi) is 5.03. The topological polar surface area (TPSA) is 93.5 Å². The lowest BCUT2D eigenvalue weighted by molar-refractivity contribution is -0.121. The lowest BCUT2D eigenvalue weighted by atomic mass is 10.2. The number of fused-ring (bicyclic) bond motifs is 1. The van der Waals surface area contributed by atoms with E-state index in [2.05, 4.69) is 10.3 Å². The predicted octanol–water partition coefficient (Wildman–Crippen LogP) is 2.50. The molecular formula is C18H23N3O4. The molecule has 0 unspecified atom stereocenters. The highest BCUT2D eigenvalue weighted by molar-refractivity contribution is 5.92. The number of carbonyl (C=O) groups excluding carboxylic acids is 1. The maximum absolute atomic E-state index is 11.8. The Morgan fingerprint density at radius 2 is 2.28 bits per heavy atom. The summed E-state index contributed by atoms with van der Waals surface area (Å²) in [6, 6.07) is 4.66. The fourth-order valence-electron chi connectivity index (χ4n) is 3.20. The zero-order valence-electron chi connectivity index (χ0n) is 14.5. The minimum Gasteiger partial charge on any atom is -0.478 e. The summed E-state index contributed by atoms with van der Waals surface area (Å²) in [4.78, 5) is 27.6. The van der Waals surface area contributed by atoms with E-state index in [4.69, 9.17) is 4.74 Å². The van der Waals surface area contributed by atoms with Gasteiger partial charge in [-0.3, -0.25) is 4.79 Å². The summed E-state index contributed by atoms with van der Waals surface area (Å²) in [5, 5.41) is 12.1. The van der Waals surface area contributed by atoms with E-state index >= 15 is 0 Å². The number of imidazole rings is 1. The fraction of sp³-hybridized carbons (Fsp3) is 0.500. The molecule has 2 N–H and O–H groups in total. The Bertz CT molecular complexity index is 793. The lowest BCUT2D eigenvalue weighted by Gasteiger charge is -2.18. The maximum Gasteiger partial charge on any atom is 0.335 e. The molecule has 1 saturated heterocycles. The van der Waals surface area contributed by atoms with Crippen molar-refractivity contribution in [3.8, 4) is 0 Å². The average molecular weight is 345 g/mol. The maximum atomic E-state index is 11.8.